The molecule has 0 saturated carbocycles. The van der Waals surface area contributed by atoms with Crippen LogP contribution in [0.4, 0.5) is 4.79 Å². The van der Waals surface area contributed by atoms with Crippen molar-refractivity contribution in [2.24, 2.45) is 0 Å². The van der Waals surface area contributed by atoms with E-state index in [-0.39, 0.29) is 13.2 Å². The van der Waals surface area contributed by atoms with Crippen molar-refractivity contribution in [3.63, 3.8) is 0 Å². The van der Waals surface area contributed by atoms with Gasteiger partial charge < -0.3 is 30.0 Å². The normalized spacial score (nSPS) is 12.8. The lowest BCUT2D eigenvalue weighted by Gasteiger charge is -2.22. The highest BCUT2D eigenvalue weighted by molar-refractivity contribution is 5.88. The summed E-state index contributed by atoms with van der Waals surface area (Å²) in [5, 5.41) is 14.6. The van der Waals surface area contributed by atoms with E-state index < -0.39 is 54.5 Å². The first kappa shape index (κ1) is 25.9. The summed E-state index contributed by atoms with van der Waals surface area (Å²) in [5.74, 6) is -2.21. The van der Waals surface area contributed by atoms with E-state index in [1.807, 2.05) is 18.2 Å². The number of carbonyl (C=O) groups excluding carboxylic acids is 4. The molecule has 1 aromatic carbocycles. The van der Waals surface area contributed by atoms with Crippen LogP contribution in [0.1, 0.15) is 39.2 Å². The van der Waals surface area contributed by atoms with Crippen LogP contribution >= 0.6 is 0 Å². The highest BCUT2D eigenvalue weighted by atomic mass is 16.6. The van der Waals surface area contributed by atoms with Crippen molar-refractivity contribution in [3.05, 3.63) is 35.9 Å². The maximum Gasteiger partial charge on any atom is 0.407 e. The lowest BCUT2D eigenvalue weighted by atomic mass is 10.1. The van der Waals surface area contributed by atoms with E-state index in [0.717, 1.165) is 12.7 Å². The molecule has 0 bridgehead atoms. The molecule has 0 heterocycles. The van der Waals surface area contributed by atoms with Gasteiger partial charge in [-0.15, -0.1) is 0 Å². The fourth-order valence-electron chi connectivity index (χ4n) is 2.40. The third-order valence-electron chi connectivity index (χ3n) is 3.73. The van der Waals surface area contributed by atoms with Gasteiger partial charge in [0, 0.05) is 6.54 Å². The molecule has 1 rings (SSSR count). The number of aliphatic hydroxyl groups excluding tert-OH is 1. The van der Waals surface area contributed by atoms with E-state index in [1.165, 1.54) is 0 Å². The molecule has 0 aromatic heterocycles. The van der Waals surface area contributed by atoms with Crippen molar-refractivity contribution in [2.45, 2.75) is 58.0 Å². The molecule has 10 nitrogen and oxygen atoms in total. The van der Waals surface area contributed by atoms with Crippen LogP contribution in [0.2, 0.25) is 0 Å². The Hall–Kier alpha value is -3.14. The molecule has 0 spiro atoms. The van der Waals surface area contributed by atoms with Crippen molar-refractivity contribution in [1.29, 1.82) is 0 Å². The molecule has 1 aromatic rings. The number of esters is 2. The molecule has 0 unspecified atom stereocenters. The summed E-state index contributed by atoms with van der Waals surface area (Å²) in [6, 6.07) is 7.78. The van der Waals surface area contributed by atoms with Gasteiger partial charge in [0.15, 0.2) is 0 Å². The van der Waals surface area contributed by atoms with E-state index >= 15 is 0 Å². The van der Waals surface area contributed by atoms with Crippen LogP contribution in [-0.4, -0.2) is 60.4 Å². The second-order valence-electron chi connectivity index (χ2n) is 7.73. The van der Waals surface area contributed by atoms with Gasteiger partial charge in [-0.1, -0.05) is 30.3 Å². The number of aliphatic hydroxyl groups is 1. The number of ether oxygens (including phenoxy) is 3. The Labute approximate surface area is 181 Å². The lowest BCUT2D eigenvalue weighted by molar-refractivity contribution is -0.159. The number of amides is 2. The van der Waals surface area contributed by atoms with Crippen LogP contribution in [-0.2, 0) is 35.2 Å². The maximum absolute atomic E-state index is 12.1. The third-order valence-corrected chi connectivity index (χ3v) is 3.73. The van der Waals surface area contributed by atoms with Crippen LogP contribution < -0.4 is 10.6 Å². The van der Waals surface area contributed by atoms with Crippen molar-refractivity contribution >= 4 is 23.9 Å². The summed E-state index contributed by atoms with van der Waals surface area (Å²) in [6.45, 7) is 4.84. The monoisotopic (exact) mass is 438 g/mol. The Morgan fingerprint density at radius 1 is 1.06 bits per heavy atom. The SMILES string of the molecule is COC(=O)[C@H](CC(=O)OC(C)(C)C)NC(=O)C[C@@H](O)CNC(=O)OCc1ccccc1. The molecule has 0 fully saturated rings. The van der Waals surface area contributed by atoms with Crippen LogP contribution in [0, 0.1) is 0 Å². The molecule has 3 N–H and O–H groups in total. The molecule has 0 aliphatic rings. The minimum Gasteiger partial charge on any atom is -0.467 e. The summed E-state index contributed by atoms with van der Waals surface area (Å²) in [4.78, 5) is 47.6. The van der Waals surface area contributed by atoms with Gasteiger partial charge in [0.2, 0.25) is 5.91 Å². The Morgan fingerprint density at radius 3 is 2.29 bits per heavy atom. The van der Waals surface area contributed by atoms with Gasteiger partial charge >= 0.3 is 18.0 Å². The number of hydrogen-bond acceptors (Lipinski definition) is 8. The van der Waals surface area contributed by atoms with Gasteiger partial charge in [-0.2, -0.15) is 0 Å². The van der Waals surface area contributed by atoms with Crippen LogP contribution in [0.3, 0.4) is 0 Å². The quantitative estimate of drug-likeness (QED) is 0.364. The van der Waals surface area contributed by atoms with Gasteiger partial charge in [0.1, 0.15) is 18.2 Å². The smallest absolute Gasteiger partial charge is 0.407 e. The number of carbonyl (C=O) groups is 4. The first-order chi connectivity index (χ1) is 14.5. The zero-order valence-corrected chi connectivity index (χ0v) is 18.2. The summed E-state index contributed by atoms with van der Waals surface area (Å²) in [5.41, 5.74) is 0.0510. The van der Waals surface area contributed by atoms with Crippen LogP contribution in [0.5, 0.6) is 0 Å². The summed E-state index contributed by atoms with van der Waals surface area (Å²) < 4.78 is 14.7. The van der Waals surface area contributed by atoms with E-state index in [0.29, 0.717) is 0 Å². The molecule has 31 heavy (non-hydrogen) atoms. The van der Waals surface area contributed by atoms with Gasteiger partial charge in [-0.05, 0) is 26.3 Å². The Morgan fingerprint density at radius 2 is 1.71 bits per heavy atom. The predicted octanol–water partition coefficient (Wildman–Crippen LogP) is 1.05. The molecule has 0 aliphatic carbocycles. The first-order valence-corrected chi connectivity index (χ1v) is 9.72. The minimum atomic E-state index is -1.26. The molecule has 0 radical (unpaired) electrons. The number of methoxy groups -OCH3 is 1. The van der Waals surface area contributed by atoms with E-state index in [9.17, 15) is 24.3 Å². The van der Waals surface area contributed by atoms with Gasteiger partial charge in [0.05, 0.1) is 26.1 Å². The Kier molecular flexibility index (Phi) is 10.5. The average molecular weight is 438 g/mol. The molecular weight excluding hydrogens is 408 g/mol. The fraction of sp³-hybridized carbons (Fsp3) is 0.524. The average Bonchev–Trinajstić information content (AvgIpc) is 2.68. The van der Waals surface area contributed by atoms with Crippen molar-refractivity contribution in [3.8, 4) is 0 Å². The standard InChI is InChI=1S/C21H30N2O8/c1-21(2,3)31-18(26)11-16(19(27)29-4)23-17(25)10-15(24)12-22-20(28)30-13-14-8-6-5-7-9-14/h5-9,15-16,24H,10-13H2,1-4H3,(H,22,28)(H,23,25)/t15-,16+/m1/s1. The summed E-state index contributed by atoms with van der Waals surface area (Å²) in [7, 11) is 1.12. The molecular formula is C21H30N2O8. The number of nitrogens with one attached hydrogen (secondary N) is 2. The molecule has 0 aliphatic heterocycles. The topological polar surface area (TPSA) is 140 Å². The maximum atomic E-state index is 12.1. The minimum absolute atomic E-state index is 0.0642. The fourth-order valence-corrected chi connectivity index (χ4v) is 2.40. The van der Waals surface area contributed by atoms with E-state index in [1.54, 1.807) is 32.9 Å². The van der Waals surface area contributed by atoms with Crippen LogP contribution in [0.25, 0.3) is 0 Å². The molecule has 0 saturated heterocycles. The summed E-state index contributed by atoms with van der Waals surface area (Å²) >= 11 is 0. The highest BCUT2D eigenvalue weighted by Gasteiger charge is 2.28. The highest BCUT2D eigenvalue weighted by Crippen LogP contribution is 2.10. The first-order valence-electron chi connectivity index (χ1n) is 9.72. The molecule has 172 valence electrons. The predicted molar refractivity (Wildman–Crippen MR) is 110 cm³/mol. The second-order valence-corrected chi connectivity index (χ2v) is 7.73. The number of rotatable bonds is 10. The Balaban J connectivity index is 2.43. The zero-order chi connectivity index (χ0) is 23.4. The van der Waals surface area contributed by atoms with E-state index in [4.69, 9.17) is 9.47 Å². The van der Waals surface area contributed by atoms with Gasteiger partial charge in [-0.3, -0.25) is 9.59 Å². The van der Waals surface area contributed by atoms with Gasteiger partial charge in [-0.25, -0.2) is 9.59 Å². The summed E-state index contributed by atoms with van der Waals surface area (Å²) in [6.07, 6.45) is -2.82. The molecule has 10 heteroatoms. The second kappa shape index (κ2) is 12.5. The number of benzene rings is 1. The molecule has 2 atom stereocenters. The number of hydrogen-bond donors (Lipinski definition) is 3. The number of alkyl carbamates (subject to hydrolysis) is 1. The largest absolute Gasteiger partial charge is 0.467 e. The van der Waals surface area contributed by atoms with Crippen molar-refractivity contribution < 1.29 is 38.5 Å². The van der Waals surface area contributed by atoms with Crippen LogP contribution in [0.15, 0.2) is 30.3 Å². The zero-order valence-electron chi connectivity index (χ0n) is 18.2. The van der Waals surface area contributed by atoms with Gasteiger partial charge in [0.25, 0.3) is 0 Å². The third kappa shape index (κ3) is 11.6. The van der Waals surface area contributed by atoms with Crippen molar-refractivity contribution in [2.75, 3.05) is 13.7 Å². The van der Waals surface area contributed by atoms with E-state index in [2.05, 4.69) is 15.4 Å². The Bertz CT molecular complexity index is 745. The van der Waals surface area contributed by atoms with Crippen molar-refractivity contribution in [1.82, 2.24) is 10.6 Å². The lowest BCUT2D eigenvalue weighted by Crippen LogP contribution is -2.45. The molecule has 2 amide bonds.